The van der Waals surface area contributed by atoms with Crippen LogP contribution in [0.3, 0.4) is 0 Å². The third-order valence-electron chi connectivity index (χ3n) is 2.74. The molecule has 0 spiro atoms. The summed E-state index contributed by atoms with van der Waals surface area (Å²) < 4.78 is 3.84. The van der Waals surface area contributed by atoms with Crippen LogP contribution in [-0.4, -0.2) is 36.3 Å². The van der Waals surface area contributed by atoms with Gasteiger partial charge in [0.15, 0.2) is 11.5 Å². The fourth-order valence-electron chi connectivity index (χ4n) is 1.98. The van der Waals surface area contributed by atoms with E-state index in [9.17, 15) is 0 Å². The van der Waals surface area contributed by atoms with Gasteiger partial charge in [-0.3, -0.25) is 4.68 Å². The Kier molecular flexibility index (Phi) is 2.17. The zero-order valence-electron chi connectivity index (χ0n) is 8.87. The summed E-state index contributed by atoms with van der Waals surface area (Å²) in [6.07, 6.45) is 4.00. The second-order valence-corrected chi connectivity index (χ2v) is 3.85. The van der Waals surface area contributed by atoms with Crippen molar-refractivity contribution in [1.29, 1.82) is 0 Å². The zero-order chi connectivity index (χ0) is 11.0. The molecule has 0 amide bonds. The van der Waals surface area contributed by atoms with Gasteiger partial charge in [-0.05, 0) is 6.42 Å². The first-order valence-corrected chi connectivity index (χ1v) is 5.41. The van der Waals surface area contributed by atoms with Crippen LogP contribution in [0.25, 0.3) is 11.5 Å². The number of hydrogen-bond acceptors (Lipinski definition) is 5. The number of aryl methyl sites for hydroxylation is 1. The smallest absolute Gasteiger partial charge is 0.186 e. The Hall–Kier alpha value is -1.76. The lowest BCUT2D eigenvalue weighted by Crippen LogP contribution is -2.10. The van der Waals surface area contributed by atoms with E-state index in [-0.39, 0.29) is 0 Å². The van der Waals surface area contributed by atoms with Crippen molar-refractivity contribution >= 4 is 0 Å². The molecule has 0 saturated heterocycles. The summed E-state index contributed by atoms with van der Waals surface area (Å²) in [5.74, 6) is 1.86. The van der Waals surface area contributed by atoms with Crippen LogP contribution in [0.1, 0.15) is 12.2 Å². The molecule has 2 aromatic heterocycles. The van der Waals surface area contributed by atoms with Crippen LogP contribution < -0.4 is 5.73 Å². The van der Waals surface area contributed by atoms with Gasteiger partial charge in [0.2, 0.25) is 0 Å². The molecular weight excluding hydrogens is 206 g/mol. The molecule has 7 heteroatoms. The third-order valence-corrected chi connectivity index (χ3v) is 2.74. The normalized spacial score (nSPS) is 14.3. The van der Waals surface area contributed by atoms with E-state index in [1.165, 1.54) is 0 Å². The highest BCUT2D eigenvalue weighted by molar-refractivity contribution is 5.47. The SMILES string of the molecule is NCCn1cc(-c2nnc3n2CCC3)nn1. The Labute approximate surface area is 92.3 Å². The topological polar surface area (TPSA) is 87.4 Å². The van der Waals surface area contributed by atoms with Crippen molar-refractivity contribution in [2.45, 2.75) is 25.9 Å². The molecule has 0 radical (unpaired) electrons. The highest BCUT2D eigenvalue weighted by atomic mass is 15.4. The van der Waals surface area contributed by atoms with Crippen molar-refractivity contribution in [3.63, 3.8) is 0 Å². The van der Waals surface area contributed by atoms with Crippen molar-refractivity contribution in [3.05, 3.63) is 12.0 Å². The van der Waals surface area contributed by atoms with Crippen LogP contribution in [0.5, 0.6) is 0 Å². The molecule has 2 N–H and O–H groups in total. The van der Waals surface area contributed by atoms with Gasteiger partial charge >= 0.3 is 0 Å². The first-order chi connectivity index (χ1) is 7.88. The molecule has 1 aliphatic heterocycles. The molecule has 3 heterocycles. The molecule has 0 atom stereocenters. The number of rotatable bonds is 3. The molecule has 0 bridgehead atoms. The van der Waals surface area contributed by atoms with E-state index in [1.54, 1.807) is 4.68 Å². The van der Waals surface area contributed by atoms with Gasteiger partial charge < -0.3 is 10.3 Å². The molecule has 84 valence electrons. The number of aromatic nitrogens is 6. The van der Waals surface area contributed by atoms with Gasteiger partial charge in [-0.1, -0.05) is 5.21 Å². The fraction of sp³-hybridized carbons (Fsp3) is 0.556. The Bertz CT molecular complexity index is 498. The maximum atomic E-state index is 5.46. The first kappa shape index (κ1) is 9.46. The maximum absolute atomic E-state index is 5.46. The van der Waals surface area contributed by atoms with Crippen LogP contribution in [0.15, 0.2) is 6.20 Å². The zero-order valence-corrected chi connectivity index (χ0v) is 8.87. The van der Waals surface area contributed by atoms with Gasteiger partial charge in [0.1, 0.15) is 5.82 Å². The average Bonchev–Trinajstić information content (AvgIpc) is 2.90. The van der Waals surface area contributed by atoms with E-state index in [0.717, 1.165) is 36.7 Å². The molecule has 3 rings (SSSR count). The van der Waals surface area contributed by atoms with Crippen molar-refractivity contribution in [1.82, 2.24) is 29.8 Å². The molecule has 0 fully saturated rings. The third kappa shape index (κ3) is 1.40. The fourth-order valence-corrected chi connectivity index (χ4v) is 1.98. The first-order valence-electron chi connectivity index (χ1n) is 5.41. The van der Waals surface area contributed by atoms with Crippen LogP contribution in [0.2, 0.25) is 0 Å². The Balaban J connectivity index is 1.95. The van der Waals surface area contributed by atoms with Crippen LogP contribution in [-0.2, 0) is 19.5 Å². The molecule has 0 saturated carbocycles. The monoisotopic (exact) mass is 219 g/mol. The number of fused-ring (bicyclic) bond motifs is 1. The molecule has 0 aliphatic carbocycles. The standard InChI is InChI=1S/C9H13N7/c10-3-5-15-6-7(11-14-15)9-13-12-8-2-1-4-16(8)9/h6H,1-5,10H2. The van der Waals surface area contributed by atoms with E-state index in [4.69, 9.17) is 5.73 Å². The highest BCUT2D eigenvalue weighted by Gasteiger charge is 2.20. The molecule has 0 unspecified atom stereocenters. The summed E-state index contributed by atoms with van der Waals surface area (Å²) in [5, 5.41) is 16.4. The summed E-state index contributed by atoms with van der Waals surface area (Å²) in [5.41, 5.74) is 6.23. The summed E-state index contributed by atoms with van der Waals surface area (Å²) in [6, 6.07) is 0. The minimum atomic E-state index is 0.556. The minimum absolute atomic E-state index is 0.556. The predicted molar refractivity (Wildman–Crippen MR) is 56.4 cm³/mol. The van der Waals surface area contributed by atoms with Gasteiger partial charge in [0, 0.05) is 19.5 Å². The molecule has 16 heavy (non-hydrogen) atoms. The highest BCUT2D eigenvalue weighted by Crippen LogP contribution is 2.20. The minimum Gasteiger partial charge on any atom is -0.329 e. The van der Waals surface area contributed by atoms with Gasteiger partial charge in [-0.15, -0.1) is 15.3 Å². The molecule has 1 aliphatic rings. The van der Waals surface area contributed by atoms with Crippen LogP contribution >= 0.6 is 0 Å². The van der Waals surface area contributed by atoms with Crippen molar-refractivity contribution in [3.8, 4) is 11.5 Å². The molecular formula is C9H13N7. The number of nitrogens with zero attached hydrogens (tertiary/aromatic N) is 6. The molecule has 0 aromatic carbocycles. The molecule has 2 aromatic rings. The van der Waals surface area contributed by atoms with Crippen molar-refractivity contribution in [2.75, 3.05) is 6.54 Å². The number of nitrogens with two attached hydrogens (primary N) is 1. The van der Waals surface area contributed by atoms with Gasteiger partial charge in [-0.2, -0.15) is 0 Å². The summed E-state index contributed by atoms with van der Waals surface area (Å²) in [4.78, 5) is 0. The van der Waals surface area contributed by atoms with Crippen molar-refractivity contribution < 1.29 is 0 Å². The Morgan fingerprint density at radius 3 is 3.12 bits per heavy atom. The Morgan fingerprint density at radius 2 is 2.25 bits per heavy atom. The lowest BCUT2D eigenvalue weighted by atomic mass is 10.4. The Morgan fingerprint density at radius 1 is 1.31 bits per heavy atom. The largest absolute Gasteiger partial charge is 0.329 e. The van der Waals surface area contributed by atoms with Crippen LogP contribution in [0, 0.1) is 0 Å². The second kappa shape index (κ2) is 3.67. The summed E-state index contributed by atoms with van der Waals surface area (Å²) in [7, 11) is 0. The lowest BCUT2D eigenvalue weighted by Gasteiger charge is -1.97. The quantitative estimate of drug-likeness (QED) is 0.747. The van der Waals surface area contributed by atoms with E-state index in [0.29, 0.717) is 13.1 Å². The van der Waals surface area contributed by atoms with E-state index >= 15 is 0 Å². The summed E-state index contributed by atoms with van der Waals surface area (Å²) >= 11 is 0. The predicted octanol–water partition coefficient (Wildman–Crippen LogP) is -0.559. The van der Waals surface area contributed by atoms with Crippen molar-refractivity contribution in [2.24, 2.45) is 5.73 Å². The van der Waals surface area contributed by atoms with Crippen LogP contribution in [0.4, 0.5) is 0 Å². The summed E-state index contributed by atoms with van der Waals surface area (Å²) in [6.45, 7) is 2.20. The van der Waals surface area contributed by atoms with E-state index in [2.05, 4.69) is 25.1 Å². The molecule has 7 nitrogen and oxygen atoms in total. The maximum Gasteiger partial charge on any atom is 0.186 e. The lowest BCUT2D eigenvalue weighted by molar-refractivity contribution is 0.598. The van der Waals surface area contributed by atoms with Gasteiger partial charge in [0.25, 0.3) is 0 Å². The number of hydrogen-bond donors (Lipinski definition) is 1. The van der Waals surface area contributed by atoms with Gasteiger partial charge in [-0.25, -0.2) is 0 Å². The van der Waals surface area contributed by atoms with Gasteiger partial charge in [0.05, 0.1) is 12.7 Å². The second-order valence-electron chi connectivity index (χ2n) is 3.85. The average molecular weight is 219 g/mol. The van der Waals surface area contributed by atoms with E-state index in [1.807, 2.05) is 6.20 Å². The van der Waals surface area contributed by atoms with E-state index < -0.39 is 0 Å².